The van der Waals surface area contributed by atoms with E-state index in [2.05, 4.69) is 93.2 Å². The molecule has 1 N–H and O–H groups in total. The van der Waals surface area contributed by atoms with Crippen LogP contribution in [0.5, 0.6) is 0 Å². The van der Waals surface area contributed by atoms with Crippen molar-refractivity contribution in [2.24, 2.45) is 5.92 Å². The third-order valence-electron chi connectivity index (χ3n) is 6.03. The smallest absolute Gasteiger partial charge is 0.322 e. The lowest BCUT2D eigenvalue weighted by molar-refractivity contribution is 0.168. The average Bonchev–Trinajstić information content (AvgIpc) is 3.14. The van der Waals surface area contributed by atoms with E-state index in [-0.39, 0.29) is 12.1 Å². The van der Waals surface area contributed by atoms with Crippen molar-refractivity contribution in [1.29, 1.82) is 0 Å². The van der Waals surface area contributed by atoms with E-state index in [1.165, 1.54) is 16.7 Å². The average molecular weight is 418 g/mol. The first-order chi connectivity index (χ1) is 14.7. The van der Waals surface area contributed by atoms with Crippen LogP contribution in [-0.4, -0.2) is 21.5 Å². The molecule has 0 fully saturated rings. The van der Waals surface area contributed by atoms with Crippen molar-refractivity contribution in [3.63, 3.8) is 0 Å². The highest BCUT2D eigenvalue weighted by atomic mass is 16.2. The van der Waals surface area contributed by atoms with E-state index in [0.717, 1.165) is 23.5 Å². The van der Waals surface area contributed by atoms with Crippen LogP contribution in [0.1, 0.15) is 48.7 Å². The Balaban J connectivity index is 1.82. The van der Waals surface area contributed by atoms with E-state index in [4.69, 9.17) is 0 Å². The van der Waals surface area contributed by atoms with Gasteiger partial charge in [0.1, 0.15) is 0 Å². The minimum absolute atomic E-state index is 0.0588. The monoisotopic (exact) mass is 417 g/mol. The molecule has 0 saturated heterocycles. The lowest BCUT2D eigenvalue weighted by Gasteiger charge is -2.32. The molecule has 0 radical (unpaired) electrons. The molecule has 2 aromatic carbocycles. The molecule has 0 saturated carbocycles. The lowest BCUT2D eigenvalue weighted by Crippen LogP contribution is -2.43. The quantitative estimate of drug-likeness (QED) is 0.465. The molecule has 1 atom stereocenters. The first-order valence-corrected chi connectivity index (χ1v) is 11.1. The normalized spacial score (nSPS) is 12.1. The standard InChI is InChI=1S/C27H35N3O/c1-19(2)23(6)30(27(31)28-26-13-12-21(4)15-22(26)5)18-25-11-8-14-29(25)17-24-10-7-9-20(3)16-24/h7-16,19,23H,17-18H2,1-6H3,(H,28,31)/t23-/m0/s1. The topological polar surface area (TPSA) is 37.3 Å². The molecule has 2 amide bonds. The Morgan fingerprint density at radius 2 is 1.71 bits per heavy atom. The zero-order valence-electron chi connectivity index (χ0n) is 19.6. The van der Waals surface area contributed by atoms with Gasteiger partial charge in [0.15, 0.2) is 0 Å². The van der Waals surface area contributed by atoms with Crippen LogP contribution in [0.15, 0.2) is 60.8 Å². The number of aryl methyl sites for hydroxylation is 3. The summed E-state index contributed by atoms with van der Waals surface area (Å²) in [5, 5.41) is 3.14. The number of urea groups is 1. The summed E-state index contributed by atoms with van der Waals surface area (Å²) in [6.45, 7) is 14.0. The van der Waals surface area contributed by atoms with E-state index in [1.54, 1.807) is 0 Å². The first-order valence-electron chi connectivity index (χ1n) is 11.1. The molecule has 1 aromatic heterocycles. The third-order valence-corrected chi connectivity index (χ3v) is 6.03. The van der Waals surface area contributed by atoms with Gasteiger partial charge in [-0.2, -0.15) is 0 Å². The number of hydrogen-bond acceptors (Lipinski definition) is 1. The minimum Gasteiger partial charge on any atom is -0.345 e. The fourth-order valence-corrected chi connectivity index (χ4v) is 3.83. The SMILES string of the molecule is Cc1cccc(Cn2cccc2CN(C(=O)Nc2ccc(C)cc2C)[C@@H](C)C(C)C)c1. The number of benzene rings is 2. The second-order valence-electron chi connectivity index (χ2n) is 8.98. The molecule has 0 aliphatic rings. The maximum Gasteiger partial charge on any atom is 0.322 e. The van der Waals surface area contributed by atoms with Crippen molar-refractivity contribution in [3.05, 3.63) is 88.7 Å². The molecule has 3 rings (SSSR count). The predicted molar refractivity (Wildman–Crippen MR) is 129 cm³/mol. The summed E-state index contributed by atoms with van der Waals surface area (Å²) in [6, 6.07) is 18.9. The fraction of sp³-hybridized carbons (Fsp3) is 0.370. The van der Waals surface area contributed by atoms with Crippen LogP contribution in [-0.2, 0) is 13.1 Å². The molecule has 1 heterocycles. The lowest BCUT2D eigenvalue weighted by atomic mass is 10.0. The van der Waals surface area contributed by atoms with Gasteiger partial charge in [0, 0.05) is 30.2 Å². The van der Waals surface area contributed by atoms with E-state index in [9.17, 15) is 4.79 Å². The maximum atomic E-state index is 13.3. The molecule has 3 aromatic rings. The first kappa shape index (κ1) is 22.7. The number of rotatable bonds is 7. The Bertz CT molecular complexity index is 1030. The van der Waals surface area contributed by atoms with Gasteiger partial charge in [-0.15, -0.1) is 0 Å². The number of carbonyl (C=O) groups excluding carboxylic acids is 1. The Morgan fingerprint density at radius 3 is 2.39 bits per heavy atom. The van der Waals surface area contributed by atoms with Crippen molar-refractivity contribution < 1.29 is 4.79 Å². The van der Waals surface area contributed by atoms with Gasteiger partial charge in [0.05, 0.1) is 6.54 Å². The fourth-order valence-electron chi connectivity index (χ4n) is 3.83. The second-order valence-corrected chi connectivity index (χ2v) is 8.98. The van der Waals surface area contributed by atoms with E-state index in [0.29, 0.717) is 12.5 Å². The van der Waals surface area contributed by atoms with Crippen molar-refractivity contribution in [2.75, 3.05) is 5.32 Å². The van der Waals surface area contributed by atoms with Crippen molar-refractivity contribution in [1.82, 2.24) is 9.47 Å². The molecule has 31 heavy (non-hydrogen) atoms. The Kier molecular flexibility index (Phi) is 7.21. The van der Waals surface area contributed by atoms with Gasteiger partial charge in [-0.25, -0.2) is 4.79 Å². The van der Waals surface area contributed by atoms with Gasteiger partial charge in [0.2, 0.25) is 0 Å². The summed E-state index contributed by atoms with van der Waals surface area (Å²) in [5.41, 5.74) is 6.79. The molecule has 0 spiro atoms. The van der Waals surface area contributed by atoms with Crippen LogP contribution in [0.25, 0.3) is 0 Å². The van der Waals surface area contributed by atoms with Gasteiger partial charge in [-0.05, 0) is 62.9 Å². The Morgan fingerprint density at radius 1 is 0.968 bits per heavy atom. The second kappa shape index (κ2) is 9.86. The largest absolute Gasteiger partial charge is 0.345 e. The summed E-state index contributed by atoms with van der Waals surface area (Å²) in [6.07, 6.45) is 2.10. The molecule has 0 bridgehead atoms. The van der Waals surface area contributed by atoms with Crippen LogP contribution in [0, 0.1) is 26.7 Å². The number of nitrogens with one attached hydrogen (secondary N) is 1. The van der Waals surface area contributed by atoms with E-state index in [1.807, 2.05) is 24.0 Å². The molecule has 4 heteroatoms. The number of amides is 2. The highest BCUT2D eigenvalue weighted by Gasteiger charge is 2.24. The van der Waals surface area contributed by atoms with Gasteiger partial charge in [-0.1, -0.05) is 61.4 Å². The van der Waals surface area contributed by atoms with Gasteiger partial charge < -0.3 is 14.8 Å². The van der Waals surface area contributed by atoms with Gasteiger partial charge in [-0.3, -0.25) is 0 Å². The van der Waals surface area contributed by atoms with Gasteiger partial charge >= 0.3 is 6.03 Å². The predicted octanol–water partition coefficient (Wildman–Crippen LogP) is 6.54. The minimum atomic E-state index is -0.0588. The van der Waals surface area contributed by atoms with Crippen molar-refractivity contribution >= 4 is 11.7 Å². The highest BCUT2D eigenvalue weighted by molar-refractivity contribution is 5.90. The molecule has 0 unspecified atom stereocenters. The van der Waals surface area contributed by atoms with Crippen molar-refractivity contribution in [3.8, 4) is 0 Å². The molecule has 4 nitrogen and oxygen atoms in total. The summed E-state index contributed by atoms with van der Waals surface area (Å²) in [5.74, 6) is 0.352. The molecule has 0 aliphatic carbocycles. The summed E-state index contributed by atoms with van der Waals surface area (Å²) >= 11 is 0. The zero-order chi connectivity index (χ0) is 22.5. The van der Waals surface area contributed by atoms with E-state index < -0.39 is 0 Å². The van der Waals surface area contributed by atoms with Crippen LogP contribution in [0.3, 0.4) is 0 Å². The maximum absolute atomic E-state index is 13.3. The van der Waals surface area contributed by atoms with Crippen LogP contribution < -0.4 is 5.32 Å². The number of nitrogens with zero attached hydrogens (tertiary/aromatic N) is 2. The van der Waals surface area contributed by atoms with Crippen LogP contribution in [0.4, 0.5) is 10.5 Å². The molecular weight excluding hydrogens is 382 g/mol. The summed E-state index contributed by atoms with van der Waals surface area (Å²) in [4.78, 5) is 15.3. The van der Waals surface area contributed by atoms with Crippen molar-refractivity contribution in [2.45, 2.75) is 60.7 Å². The summed E-state index contributed by atoms with van der Waals surface area (Å²) < 4.78 is 2.24. The molecule has 164 valence electrons. The number of hydrogen-bond donors (Lipinski definition) is 1. The third kappa shape index (κ3) is 5.78. The molecule has 0 aliphatic heterocycles. The van der Waals surface area contributed by atoms with Crippen LogP contribution >= 0.6 is 0 Å². The zero-order valence-corrected chi connectivity index (χ0v) is 19.6. The summed E-state index contributed by atoms with van der Waals surface area (Å²) in [7, 11) is 0. The Hall–Kier alpha value is -3.01. The molecular formula is C27H35N3O. The van der Waals surface area contributed by atoms with E-state index >= 15 is 0 Å². The van der Waals surface area contributed by atoms with Crippen LogP contribution in [0.2, 0.25) is 0 Å². The number of anilines is 1. The highest BCUT2D eigenvalue weighted by Crippen LogP contribution is 2.21. The van der Waals surface area contributed by atoms with Gasteiger partial charge in [0.25, 0.3) is 0 Å². The Labute approximate surface area is 186 Å². The number of aromatic nitrogens is 1. The number of carbonyl (C=O) groups is 1.